The summed E-state index contributed by atoms with van der Waals surface area (Å²) in [5.41, 5.74) is 0.987. The van der Waals surface area contributed by atoms with Gasteiger partial charge in [-0.1, -0.05) is 12.1 Å². The Morgan fingerprint density at radius 1 is 1.30 bits per heavy atom. The van der Waals surface area contributed by atoms with Crippen molar-refractivity contribution >= 4 is 22.8 Å². The van der Waals surface area contributed by atoms with Crippen LogP contribution < -0.4 is 10.2 Å². The lowest BCUT2D eigenvalue weighted by Gasteiger charge is -2.47. The molecule has 2 atom stereocenters. The van der Waals surface area contributed by atoms with Gasteiger partial charge in [0.25, 0.3) is 0 Å². The van der Waals surface area contributed by atoms with Crippen LogP contribution in [0.3, 0.4) is 0 Å². The summed E-state index contributed by atoms with van der Waals surface area (Å²) < 4.78 is 0. The van der Waals surface area contributed by atoms with Gasteiger partial charge in [-0.05, 0) is 31.4 Å². The third-order valence-electron chi connectivity index (χ3n) is 5.08. The molecule has 2 N–H and O–H groups in total. The Morgan fingerprint density at radius 3 is 2.96 bits per heavy atom. The lowest BCUT2D eigenvalue weighted by atomic mass is 9.71. The molecule has 3 heterocycles. The second kappa shape index (κ2) is 5.45. The summed E-state index contributed by atoms with van der Waals surface area (Å²) in [4.78, 5) is 23.7. The van der Waals surface area contributed by atoms with Crippen LogP contribution in [-0.4, -0.2) is 46.7 Å². The molecule has 0 saturated carbocycles. The lowest BCUT2D eigenvalue weighted by molar-refractivity contribution is -0.142. The fraction of sp³-hybridized carbons (Fsp3) is 0.471. The molecule has 2 saturated heterocycles. The molecule has 120 valence electrons. The summed E-state index contributed by atoms with van der Waals surface area (Å²) in [7, 11) is 0. The van der Waals surface area contributed by atoms with E-state index in [-0.39, 0.29) is 5.91 Å². The topological polar surface area (TPSA) is 78.4 Å². The van der Waals surface area contributed by atoms with Crippen LogP contribution in [0.15, 0.2) is 30.5 Å². The zero-order valence-electron chi connectivity index (χ0n) is 12.9. The molecule has 1 amide bonds. The van der Waals surface area contributed by atoms with Gasteiger partial charge in [0.2, 0.25) is 5.91 Å². The van der Waals surface area contributed by atoms with Gasteiger partial charge in [0.05, 0.1) is 28.7 Å². The van der Waals surface area contributed by atoms with Crippen LogP contribution in [0.2, 0.25) is 0 Å². The Morgan fingerprint density at radius 2 is 2.13 bits per heavy atom. The van der Waals surface area contributed by atoms with Crippen LogP contribution in [0.5, 0.6) is 0 Å². The number of aliphatic hydroxyl groups excluding tert-OH is 1. The number of hydrogen-bond acceptors (Lipinski definition) is 5. The predicted octanol–water partition coefficient (Wildman–Crippen LogP) is 1.10. The summed E-state index contributed by atoms with van der Waals surface area (Å²) in [6.45, 7) is 1.87. The second-order valence-corrected chi connectivity index (χ2v) is 6.46. The fourth-order valence-corrected chi connectivity index (χ4v) is 3.74. The molecule has 4 rings (SSSR count). The van der Waals surface area contributed by atoms with E-state index in [2.05, 4.69) is 20.2 Å². The number of carbonyl (C=O) groups is 1. The van der Waals surface area contributed by atoms with E-state index in [9.17, 15) is 9.90 Å². The van der Waals surface area contributed by atoms with Crippen molar-refractivity contribution < 1.29 is 9.90 Å². The molecule has 0 radical (unpaired) electrons. The SMILES string of the molecule is O=C1NCCC[C@]12CN(c1cnc3ccccc3n1)CC[C@H]2O. The monoisotopic (exact) mass is 312 g/mol. The highest BCUT2D eigenvalue weighted by molar-refractivity contribution is 5.85. The smallest absolute Gasteiger partial charge is 0.230 e. The highest BCUT2D eigenvalue weighted by Crippen LogP contribution is 2.38. The van der Waals surface area contributed by atoms with Crippen molar-refractivity contribution in [1.29, 1.82) is 0 Å². The highest BCUT2D eigenvalue weighted by atomic mass is 16.3. The Bertz CT molecular complexity index is 750. The quantitative estimate of drug-likeness (QED) is 0.824. The number of piperidine rings is 2. The van der Waals surface area contributed by atoms with E-state index in [0.29, 0.717) is 26.1 Å². The van der Waals surface area contributed by atoms with E-state index in [1.165, 1.54) is 0 Å². The second-order valence-electron chi connectivity index (χ2n) is 6.46. The molecular weight excluding hydrogens is 292 g/mol. The van der Waals surface area contributed by atoms with E-state index in [1.54, 1.807) is 6.20 Å². The zero-order valence-corrected chi connectivity index (χ0v) is 12.9. The predicted molar refractivity (Wildman–Crippen MR) is 87.1 cm³/mol. The number of aliphatic hydroxyl groups is 1. The third-order valence-corrected chi connectivity index (χ3v) is 5.08. The molecule has 1 spiro atoms. The minimum absolute atomic E-state index is 0.0327. The van der Waals surface area contributed by atoms with Crippen LogP contribution in [0, 0.1) is 5.41 Å². The van der Waals surface area contributed by atoms with Gasteiger partial charge in [0.15, 0.2) is 0 Å². The van der Waals surface area contributed by atoms with Crippen molar-refractivity contribution in [3.05, 3.63) is 30.5 Å². The van der Waals surface area contributed by atoms with Gasteiger partial charge in [0.1, 0.15) is 5.82 Å². The van der Waals surface area contributed by atoms with Crippen molar-refractivity contribution in [2.45, 2.75) is 25.4 Å². The molecule has 2 aliphatic heterocycles. The summed E-state index contributed by atoms with van der Waals surface area (Å²) >= 11 is 0. The van der Waals surface area contributed by atoms with Gasteiger partial charge in [-0.25, -0.2) is 4.98 Å². The first-order valence-electron chi connectivity index (χ1n) is 8.12. The Balaban J connectivity index is 1.67. The number of fused-ring (bicyclic) bond motifs is 1. The van der Waals surface area contributed by atoms with Crippen molar-refractivity contribution in [2.75, 3.05) is 24.5 Å². The van der Waals surface area contributed by atoms with E-state index in [4.69, 9.17) is 0 Å². The summed E-state index contributed by atoms with van der Waals surface area (Å²) in [6.07, 6.45) is 3.36. The van der Waals surface area contributed by atoms with E-state index in [1.807, 2.05) is 24.3 Å². The van der Waals surface area contributed by atoms with Gasteiger partial charge < -0.3 is 15.3 Å². The van der Waals surface area contributed by atoms with E-state index >= 15 is 0 Å². The molecule has 1 aromatic carbocycles. The Hall–Kier alpha value is -2.21. The Kier molecular flexibility index (Phi) is 3.41. The fourth-order valence-electron chi connectivity index (χ4n) is 3.74. The average molecular weight is 312 g/mol. The zero-order chi connectivity index (χ0) is 15.9. The molecule has 0 aliphatic carbocycles. The molecule has 0 bridgehead atoms. The summed E-state index contributed by atoms with van der Waals surface area (Å²) in [5, 5.41) is 13.4. The molecule has 2 aliphatic rings. The standard InChI is InChI=1S/C17H20N4O2/c22-14-6-9-21(11-17(14)7-3-8-18-16(17)23)15-10-19-12-4-1-2-5-13(12)20-15/h1-2,4-5,10,14,22H,3,6-9,11H2,(H,18,23)/t14-,17-/m1/s1. The molecular formula is C17H20N4O2. The first-order chi connectivity index (χ1) is 11.2. The van der Waals surface area contributed by atoms with Crippen LogP contribution in [-0.2, 0) is 4.79 Å². The molecule has 6 nitrogen and oxygen atoms in total. The van der Waals surface area contributed by atoms with Crippen molar-refractivity contribution in [3.8, 4) is 0 Å². The van der Waals surface area contributed by atoms with Crippen molar-refractivity contribution in [1.82, 2.24) is 15.3 Å². The number of nitrogens with zero attached hydrogens (tertiary/aromatic N) is 3. The minimum atomic E-state index is -0.718. The average Bonchev–Trinajstić information content (AvgIpc) is 2.59. The van der Waals surface area contributed by atoms with Crippen LogP contribution >= 0.6 is 0 Å². The lowest BCUT2D eigenvalue weighted by Crippen LogP contribution is -2.61. The van der Waals surface area contributed by atoms with Crippen molar-refractivity contribution in [2.24, 2.45) is 5.41 Å². The molecule has 2 aromatic rings. The van der Waals surface area contributed by atoms with Gasteiger partial charge in [0, 0.05) is 19.6 Å². The summed E-state index contributed by atoms with van der Waals surface area (Å²) in [5.74, 6) is 0.739. The van der Waals surface area contributed by atoms with Crippen LogP contribution in [0.25, 0.3) is 11.0 Å². The van der Waals surface area contributed by atoms with Gasteiger partial charge in [-0.2, -0.15) is 0 Å². The number of hydrogen-bond donors (Lipinski definition) is 2. The first kappa shape index (κ1) is 14.4. The van der Waals surface area contributed by atoms with Crippen LogP contribution in [0.1, 0.15) is 19.3 Å². The number of nitrogens with one attached hydrogen (secondary N) is 1. The Labute approximate surface area is 134 Å². The van der Waals surface area contributed by atoms with Gasteiger partial charge >= 0.3 is 0 Å². The van der Waals surface area contributed by atoms with Gasteiger partial charge in [-0.3, -0.25) is 9.78 Å². The maximum atomic E-state index is 12.4. The largest absolute Gasteiger partial charge is 0.392 e. The van der Waals surface area contributed by atoms with E-state index in [0.717, 1.165) is 29.7 Å². The highest BCUT2D eigenvalue weighted by Gasteiger charge is 2.50. The maximum Gasteiger partial charge on any atom is 0.230 e. The molecule has 2 fully saturated rings. The molecule has 1 aromatic heterocycles. The summed E-state index contributed by atoms with van der Waals surface area (Å²) in [6, 6.07) is 7.75. The number of amides is 1. The number of rotatable bonds is 1. The molecule has 6 heteroatoms. The number of para-hydroxylation sites is 2. The number of anilines is 1. The number of carbonyl (C=O) groups excluding carboxylic acids is 1. The maximum absolute atomic E-state index is 12.4. The van der Waals surface area contributed by atoms with Crippen molar-refractivity contribution in [3.63, 3.8) is 0 Å². The number of aromatic nitrogens is 2. The van der Waals surface area contributed by atoms with Gasteiger partial charge in [-0.15, -0.1) is 0 Å². The molecule has 0 unspecified atom stereocenters. The van der Waals surface area contributed by atoms with Crippen LogP contribution in [0.4, 0.5) is 5.82 Å². The normalized spacial score (nSPS) is 28.1. The minimum Gasteiger partial charge on any atom is -0.392 e. The number of benzene rings is 1. The third kappa shape index (κ3) is 2.34. The molecule has 23 heavy (non-hydrogen) atoms. The first-order valence-corrected chi connectivity index (χ1v) is 8.12. The van der Waals surface area contributed by atoms with E-state index < -0.39 is 11.5 Å².